The summed E-state index contributed by atoms with van der Waals surface area (Å²) in [7, 11) is 1.52. The summed E-state index contributed by atoms with van der Waals surface area (Å²) in [5.74, 6) is 0.449. The normalized spacial score (nSPS) is 19.3. The van der Waals surface area contributed by atoms with E-state index in [9.17, 15) is 5.11 Å². The Kier molecular flexibility index (Phi) is 5.41. The highest BCUT2D eigenvalue weighted by atomic mass is 16.5. The van der Waals surface area contributed by atoms with Crippen LogP contribution in [0.4, 0.5) is 5.69 Å². The summed E-state index contributed by atoms with van der Waals surface area (Å²) in [6.45, 7) is 4.58. The summed E-state index contributed by atoms with van der Waals surface area (Å²) >= 11 is 0. The molecule has 0 aliphatic carbocycles. The molecule has 2 saturated heterocycles. The topological polar surface area (TPSA) is 103 Å². The van der Waals surface area contributed by atoms with Gasteiger partial charge in [0.15, 0.2) is 5.65 Å². The lowest BCUT2D eigenvalue weighted by molar-refractivity contribution is 0.0633. The van der Waals surface area contributed by atoms with E-state index in [1.807, 2.05) is 10.5 Å². The first-order valence-electron chi connectivity index (χ1n) is 11.0. The van der Waals surface area contributed by atoms with E-state index in [0.29, 0.717) is 29.0 Å². The Bertz CT molecular complexity index is 1150. The molecule has 3 aromatic heterocycles. The van der Waals surface area contributed by atoms with Crippen molar-refractivity contribution in [1.82, 2.24) is 24.5 Å². The Morgan fingerprint density at radius 1 is 1.25 bits per heavy atom. The third-order valence-electron chi connectivity index (χ3n) is 7.00. The molecule has 0 radical (unpaired) electrons. The number of hydrogen-bond donors (Lipinski definition) is 1. The van der Waals surface area contributed by atoms with Crippen molar-refractivity contribution in [3.05, 3.63) is 48.2 Å². The number of rotatable bonds is 5. The summed E-state index contributed by atoms with van der Waals surface area (Å²) in [4.78, 5) is 9.04. The molecule has 5 heterocycles. The number of nitrogens with zero attached hydrogens (tertiary/aromatic N) is 7. The smallest absolute Gasteiger partial charge is 0.160 e. The predicted molar refractivity (Wildman–Crippen MR) is 118 cm³/mol. The second kappa shape index (κ2) is 8.37. The molecule has 0 aromatic carbocycles. The molecule has 2 fully saturated rings. The molecule has 0 bridgehead atoms. The third kappa shape index (κ3) is 3.87. The number of pyridine rings is 2. The molecule has 1 spiro atoms. The summed E-state index contributed by atoms with van der Waals surface area (Å²) in [6.07, 6.45) is 8.04. The Morgan fingerprint density at radius 2 is 2.06 bits per heavy atom. The average Bonchev–Trinajstić information content (AvgIpc) is 3.47. The lowest BCUT2D eigenvalue weighted by atomic mass is 9.77. The Balaban J connectivity index is 1.18. The zero-order valence-electron chi connectivity index (χ0n) is 18.2. The van der Waals surface area contributed by atoms with Crippen LogP contribution in [0.25, 0.3) is 5.65 Å². The molecule has 1 N–H and O–H groups in total. The number of piperidine rings is 1. The predicted octanol–water partition coefficient (Wildman–Crippen LogP) is 2.03. The molecule has 5 rings (SSSR count). The number of methoxy groups -OCH3 is 1. The van der Waals surface area contributed by atoms with Crippen molar-refractivity contribution in [3.8, 4) is 11.8 Å². The van der Waals surface area contributed by atoms with Gasteiger partial charge < -0.3 is 19.6 Å². The van der Waals surface area contributed by atoms with Gasteiger partial charge in [-0.05, 0) is 49.9 Å². The number of ether oxygens (including phenoxy) is 1. The van der Waals surface area contributed by atoms with Crippen molar-refractivity contribution in [3.63, 3.8) is 0 Å². The number of nitriles is 1. The van der Waals surface area contributed by atoms with Crippen molar-refractivity contribution >= 4 is 11.3 Å². The molecule has 9 nitrogen and oxygen atoms in total. The fourth-order valence-electron chi connectivity index (χ4n) is 5.00. The number of aliphatic hydroxyl groups excluding tert-OH is 1. The van der Waals surface area contributed by atoms with Crippen LogP contribution in [0.5, 0.6) is 5.75 Å². The zero-order valence-corrected chi connectivity index (χ0v) is 18.2. The largest absolute Gasteiger partial charge is 0.495 e. The minimum atomic E-state index is -0.707. The lowest BCUT2D eigenvalue weighted by Crippen LogP contribution is -2.43. The highest BCUT2D eigenvalue weighted by Gasteiger charge is 2.41. The third-order valence-corrected chi connectivity index (χ3v) is 7.00. The standard InChI is InChI=1S/C23H27N7O2/c1-32-21-10-19(25-12-17(21)11-24)20(31)14-28-7-4-23(5-8-28)6-9-29(15-23)18-2-3-22-27-26-16-30(22)13-18/h2-3,10,12-13,16,20,31H,4-9,14-15H2,1H3/t20-/m0/s1. The van der Waals surface area contributed by atoms with Crippen LogP contribution in [0.2, 0.25) is 0 Å². The van der Waals surface area contributed by atoms with Crippen molar-refractivity contribution in [2.75, 3.05) is 44.7 Å². The molecule has 9 heteroatoms. The van der Waals surface area contributed by atoms with Gasteiger partial charge in [-0.2, -0.15) is 5.26 Å². The fraction of sp³-hybridized carbons (Fsp3) is 0.478. The van der Waals surface area contributed by atoms with Crippen LogP contribution in [0, 0.1) is 16.7 Å². The quantitative estimate of drug-likeness (QED) is 0.652. The zero-order chi connectivity index (χ0) is 22.1. The van der Waals surface area contributed by atoms with E-state index in [-0.39, 0.29) is 0 Å². The average molecular weight is 434 g/mol. The van der Waals surface area contributed by atoms with Gasteiger partial charge in [-0.1, -0.05) is 0 Å². The van der Waals surface area contributed by atoms with Gasteiger partial charge in [0.1, 0.15) is 29.8 Å². The lowest BCUT2D eigenvalue weighted by Gasteiger charge is -2.40. The maximum atomic E-state index is 10.7. The van der Waals surface area contributed by atoms with E-state index in [1.165, 1.54) is 25.4 Å². The molecule has 0 saturated carbocycles. The van der Waals surface area contributed by atoms with E-state index in [4.69, 9.17) is 10.00 Å². The maximum absolute atomic E-state index is 10.7. The number of hydrogen-bond acceptors (Lipinski definition) is 8. The second-order valence-corrected chi connectivity index (χ2v) is 8.89. The minimum Gasteiger partial charge on any atom is -0.495 e. The monoisotopic (exact) mass is 433 g/mol. The highest BCUT2D eigenvalue weighted by molar-refractivity contribution is 5.52. The van der Waals surface area contributed by atoms with Gasteiger partial charge >= 0.3 is 0 Å². The number of aliphatic hydroxyl groups is 1. The van der Waals surface area contributed by atoms with Crippen LogP contribution in [-0.2, 0) is 0 Å². The first-order valence-corrected chi connectivity index (χ1v) is 11.0. The van der Waals surface area contributed by atoms with E-state index in [2.05, 4.69) is 43.3 Å². The first kappa shape index (κ1) is 20.7. The van der Waals surface area contributed by atoms with E-state index in [0.717, 1.165) is 44.7 Å². The fourth-order valence-corrected chi connectivity index (χ4v) is 5.00. The van der Waals surface area contributed by atoms with Crippen LogP contribution >= 0.6 is 0 Å². The van der Waals surface area contributed by atoms with Gasteiger partial charge in [0, 0.05) is 38.1 Å². The summed E-state index contributed by atoms with van der Waals surface area (Å²) in [6, 6.07) is 7.87. The second-order valence-electron chi connectivity index (χ2n) is 8.89. The van der Waals surface area contributed by atoms with Crippen molar-refractivity contribution in [2.24, 2.45) is 5.41 Å². The van der Waals surface area contributed by atoms with Gasteiger partial charge in [0.2, 0.25) is 0 Å². The minimum absolute atomic E-state index is 0.333. The maximum Gasteiger partial charge on any atom is 0.160 e. The highest BCUT2D eigenvalue weighted by Crippen LogP contribution is 2.42. The molecule has 1 atom stereocenters. The Morgan fingerprint density at radius 3 is 2.84 bits per heavy atom. The van der Waals surface area contributed by atoms with Crippen LogP contribution in [0.3, 0.4) is 0 Å². The Labute approximate surface area is 186 Å². The summed E-state index contributed by atoms with van der Waals surface area (Å²) in [5.41, 5.74) is 3.33. The van der Waals surface area contributed by atoms with Crippen molar-refractivity contribution in [1.29, 1.82) is 5.26 Å². The van der Waals surface area contributed by atoms with Crippen LogP contribution in [-0.4, -0.2) is 69.4 Å². The molecule has 2 aliphatic heterocycles. The van der Waals surface area contributed by atoms with Crippen LogP contribution < -0.4 is 9.64 Å². The summed E-state index contributed by atoms with van der Waals surface area (Å²) in [5, 5.41) is 27.9. The molecule has 32 heavy (non-hydrogen) atoms. The van der Waals surface area contributed by atoms with Gasteiger partial charge in [0.25, 0.3) is 0 Å². The number of aromatic nitrogens is 4. The van der Waals surface area contributed by atoms with Gasteiger partial charge in [-0.15, -0.1) is 10.2 Å². The van der Waals surface area contributed by atoms with Crippen LogP contribution in [0.15, 0.2) is 36.9 Å². The van der Waals surface area contributed by atoms with Gasteiger partial charge in [0.05, 0.1) is 18.5 Å². The molecule has 3 aromatic rings. The number of anilines is 1. The molecular formula is C23H27N7O2. The van der Waals surface area contributed by atoms with Gasteiger partial charge in [-0.3, -0.25) is 9.38 Å². The molecular weight excluding hydrogens is 406 g/mol. The number of β-amino-alcohol motifs (C(OH)–C–C–N with tert-alkyl or cyclic N) is 1. The van der Waals surface area contributed by atoms with E-state index in [1.54, 1.807) is 12.4 Å². The van der Waals surface area contributed by atoms with Crippen molar-refractivity contribution in [2.45, 2.75) is 25.4 Å². The molecule has 2 aliphatic rings. The number of likely N-dealkylation sites (tertiary alicyclic amines) is 1. The number of fused-ring (bicyclic) bond motifs is 1. The Hall–Kier alpha value is -3.22. The molecule has 166 valence electrons. The first-order chi connectivity index (χ1) is 15.6. The summed E-state index contributed by atoms with van der Waals surface area (Å²) < 4.78 is 7.21. The van der Waals surface area contributed by atoms with Gasteiger partial charge in [-0.25, -0.2) is 0 Å². The molecule has 0 amide bonds. The molecule has 0 unspecified atom stereocenters. The van der Waals surface area contributed by atoms with Crippen LogP contribution in [0.1, 0.15) is 36.6 Å². The van der Waals surface area contributed by atoms with Crippen molar-refractivity contribution < 1.29 is 9.84 Å². The van der Waals surface area contributed by atoms with E-state index >= 15 is 0 Å². The SMILES string of the molecule is COc1cc([C@@H](O)CN2CCC3(CC2)CCN(c2ccc4nncn4c2)C3)ncc1C#N. The van der Waals surface area contributed by atoms with E-state index < -0.39 is 6.10 Å².